The summed E-state index contributed by atoms with van der Waals surface area (Å²) in [5, 5.41) is 8.70. The molecule has 3 aromatic heterocycles. The van der Waals surface area contributed by atoms with Crippen LogP contribution in [0.5, 0.6) is 0 Å². The molecule has 0 aliphatic heterocycles. The first-order chi connectivity index (χ1) is 15.5. The van der Waals surface area contributed by atoms with Gasteiger partial charge in [0.05, 0.1) is 6.20 Å². The molecule has 1 aromatic carbocycles. The third-order valence-corrected chi connectivity index (χ3v) is 6.44. The van der Waals surface area contributed by atoms with Crippen LogP contribution in [-0.4, -0.2) is 25.7 Å². The molecule has 0 spiro atoms. The van der Waals surface area contributed by atoms with Crippen molar-refractivity contribution in [2.45, 2.75) is 26.2 Å². The molecular weight excluding hydrogens is 405 g/mol. The summed E-state index contributed by atoms with van der Waals surface area (Å²) in [6.07, 6.45) is 9.69. The molecule has 5 rings (SSSR count). The third-order valence-electron chi connectivity index (χ3n) is 6.44. The molecule has 3 heterocycles. The molecule has 1 unspecified atom stereocenters. The summed E-state index contributed by atoms with van der Waals surface area (Å²) in [6, 6.07) is 6.92. The zero-order valence-electron chi connectivity index (χ0n) is 18.2. The summed E-state index contributed by atoms with van der Waals surface area (Å²) in [4.78, 5) is 21.5. The highest BCUT2D eigenvalue weighted by molar-refractivity contribution is 5.97. The van der Waals surface area contributed by atoms with E-state index < -0.39 is 0 Å². The summed E-state index contributed by atoms with van der Waals surface area (Å²) < 4.78 is 16.5. The minimum absolute atomic E-state index is 0.0389. The Morgan fingerprint density at radius 3 is 2.72 bits per heavy atom. The summed E-state index contributed by atoms with van der Waals surface area (Å²) in [7, 11) is 1.88. The van der Waals surface area contributed by atoms with Gasteiger partial charge in [0, 0.05) is 60.2 Å². The van der Waals surface area contributed by atoms with Gasteiger partial charge in [-0.15, -0.1) is 0 Å². The molecule has 1 fully saturated rings. The molecule has 1 amide bonds. The van der Waals surface area contributed by atoms with Crippen LogP contribution in [0.3, 0.4) is 0 Å². The molecule has 1 aliphatic carbocycles. The van der Waals surface area contributed by atoms with Crippen LogP contribution in [0.15, 0.2) is 55.2 Å². The predicted octanol–water partition coefficient (Wildman–Crippen LogP) is 4.86. The minimum atomic E-state index is -0.324. The van der Waals surface area contributed by atoms with E-state index in [4.69, 9.17) is 0 Å². The van der Waals surface area contributed by atoms with Crippen molar-refractivity contribution in [2.24, 2.45) is 18.9 Å². The van der Waals surface area contributed by atoms with Gasteiger partial charge >= 0.3 is 0 Å². The number of carbonyl (C=O) groups is 1. The normalized spacial score (nSPS) is 19.8. The maximum atomic E-state index is 14.8. The Morgan fingerprint density at radius 2 is 2.00 bits per heavy atom. The second-order valence-corrected chi connectivity index (χ2v) is 8.50. The lowest BCUT2D eigenvalue weighted by Crippen LogP contribution is -2.16. The summed E-state index contributed by atoms with van der Waals surface area (Å²) in [5.74, 6) is 0.494. The Kier molecular flexibility index (Phi) is 4.96. The number of anilines is 1. The van der Waals surface area contributed by atoms with Crippen LogP contribution in [0.4, 0.5) is 10.2 Å². The van der Waals surface area contributed by atoms with Crippen molar-refractivity contribution in [3.05, 3.63) is 72.2 Å². The van der Waals surface area contributed by atoms with Gasteiger partial charge in [0.15, 0.2) is 0 Å². The van der Waals surface area contributed by atoms with E-state index in [1.807, 2.05) is 32.4 Å². The first kappa shape index (κ1) is 20.3. The molecule has 162 valence electrons. The zero-order chi connectivity index (χ0) is 22.4. The number of hydrogen-bond donors (Lipinski definition) is 1. The Bertz CT molecular complexity index is 1330. The lowest BCUT2D eigenvalue weighted by Gasteiger charge is -2.10. The molecule has 6 nitrogen and oxygen atoms in total. The number of halogens is 1. The average Bonchev–Trinajstić information content (AvgIpc) is 3.37. The zero-order valence-corrected chi connectivity index (χ0v) is 18.2. The topological polar surface area (TPSA) is 72.7 Å². The SMILES string of the molecule is CC[C@H]1C(c2cnn(C)c2)[C@H]1C(=O)Nc1cc2cc(-c3cnccc3C)c(F)cc2cn1. The third kappa shape index (κ3) is 3.53. The van der Waals surface area contributed by atoms with Crippen LogP contribution in [0.25, 0.3) is 21.9 Å². The number of amides is 1. The number of pyridine rings is 2. The average molecular weight is 429 g/mol. The fraction of sp³-hybridized carbons (Fsp3) is 0.280. The van der Waals surface area contributed by atoms with E-state index in [1.165, 1.54) is 6.07 Å². The van der Waals surface area contributed by atoms with Gasteiger partial charge in [-0.1, -0.05) is 13.3 Å². The first-order valence-electron chi connectivity index (χ1n) is 10.8. The van der Waals surface area contributed by atoms with Gasteiger partial charge < -0.3 is 5.32 Å². The number of hydrogen-bond acceptors (Lipinski definition) is 4. The van der Waals surface area contributed by atoms with E-state index >= 15 is 0 Å². The second kappa shape index (κ2) is 7.82. The number of fused-ring (bicyclic) bond motifs is 1. The van der Waals surface area contributed by atoms with Gasteiger partial charge in [0.25, 0.3) is 0 Å². The van der Waals surface area contributed by atoms with Gasteiger partial charge in [-0.3, -0.25) is 14.5 Å². The highest BCUT2D eigenvalue weighted by Gasteiger charge is 2.54. The predicted molar refractivity (Wildman–Crippen MR) is 122 cm³/mol. The molecule has 4 aromatic rings. The van der Waals surface area contributed by atoms with Crippen molar-refractivity contribution in [3.63, 3.8) is 0 Å². The van der Waals surface area contributed by atoms with Crippen molar-refractivity contribution in [1.82, 2.24) is 19.7 Å². The van der Waals surface area contributed by atoms with Gasteiger partial charge in [-0.25, -0.2) is 9.37 Å². The maximum absolute atomic E-state index is 14.8. The van der Waals surface area contributed by atoms with E-state index in [9.17, 15) is 9.18 Å². The van der Waals surface area contributed by atoms with Crippen LogP contribution < -0.4 is 5.32 Å². The Labute approximate surface area is 185 Å². The smallest absolute Gasteiger partial charge is 0.229 e. The molecule has 7 heteroatoms. The fourth-order valence-corrected chi connectivity index (χ4v) is 4.70. The molecule has 0 saturated heterocycles. The maximum Gasteiger partial charge on any atom is 0.229 e. The molecular formula is C25H24FN5O. The van der Waals surface area contributed by atoms with Gasteiger partial charge in [0.2, 0.25) is 5.91 Å². The number of nitrogens with zero attached hydrogens (tertiary/aromatic N) is 4. The highest BCUT2D eigenvalue weighted by Crippen LogP contribution is 2.56. The minimum Gasteiger partial charge on any atom is -0.310 e. The quantitative estimate of drug-likeness (QED) is 0.492. The molecule has 1 N–H and O–H groups in total. The van der Waals surface area contributed by atoms with Crippen molar-refractivity contribution in [3.8, 4) is 11.1 Å². The van der Waals surface area contributed by atoms with E-state index in [0.717, 1.165) is 28.5 Å². The van der Waals surface area contributed by atoms with E-state index in [1.54, 1.807) is 35.4 Å². The number of aromatic nitrogens is 4. The Morgan fingerprint density at radius 1 is 1.16 bits per heavy atom. The van der Waals surface area contributed by atoms with Crippen LogP contribution in [0.1, 0.15) is 30.4 Å². The lowest BCUT2D eigenvalue weighted by molar-refractivity contribution is -0.117. The van der Waals surface area contributed by atoms with E-state index in [-0.39, 0.29) is 23.6 Å². The monoisotopic (exact) mass is 429 g/mol. The summed E-state index contributed by atoms with van der Waals surface area (Å²) >= 11 is 0. The van der Waals surface area contributed by atoms with Crippen molar-refractivity contribution < 1.29 is 9.18 Å². The van der Waals surface area contributed by atoms with Crippen LogP contribution in [0, 0.1) is 24.6 Å². The number of aryl methyl sites for hydroxylation is 2. The highest BCUT2D eigenvalue weighted by atomic mass is 19.1. The van der Waals surface area contributed by atoms with Crippen LogP contribution >= 0.6 is 0 Å². The van der Waals surface area contributed by atoms with Gasteiger partial charge in [0.1, 0.15) is 11.6 Å². The Balaban J connectivity index is 1.42. The molecule has 1 aliphatic rings. The van der Waals surface area contributed by atoms with Crippen molar-refractivity contribution >= 4 is 22.5 Å². The second-order valence-electron chi connectivity index (χ2n) is 8.50. The fourth-order valence-electron chi connectivity index (χ4n) is 4.70. The standard InChI is InChI=1S/C25H24FN5O/c1-4-18-23(17-11-29-31(3)13-17)24(18)25(32)30-22-9-15-7-19(20-12-27-6-5-14(20)2)21(26)8-16(15)10-28-22/h5-13,18,23-24H,4H2,1-3H3,(H,28,30,32)/t18-,23?,24-/m0/s1. The molecule has 0 radical (unpaired) electrons. The number of nitrogens with one attached hydrogen (secondary N) is 1. The first-order valence-corrected chi connectivity index (χ1v) is 10.8. The summed E-state index contributed by atoms with van der Waals surface area (Å²) in [5.41, 5.74) is 3.27. The van der Waals surface area contributed by atoms with Gasteiger partial charge in [-0.2, -0.15) is 5.10 Å². The number of rotatable bonds is 5. The lowest BCUT2D eigenvalue weighted by atomic mass is 9.99. The molecule has 3 atom stereocenters. The van der Waals surface area contributed by atoms with Crippen molar-refractivity contribution in [1.29, 1.82) is 0 Å². The van der Waals surface area contributed by atoms with E-state index in [0.29, 0.717) is 22.7 Å². The van der Waals surface area contributed by atoms with Crippen LogP contribution in [0.2, 0.25) is 0 Å². The van der Waals surface area contributed by atoms with Crippen molar-refractivity contribution in [2.75, 3.05) is 5.32 Å². The van der Waals surface area contributed by atoms with Gasteiger partial charge in [-0.05, 0) is 53.6 Å². The Hall–Kier alpha value is -3.61. The molecule has 32 heavy (non-hydrogen) atoms. The molecule has 1 saturated carbocycles. The van der Waals surface area contributed by atoms with E-state index in [2.05, 4.69) is 27.3 Å². The molecule has 0 bridgehead atoms. The summed E-state index contributed by atoms with van der Waals surface area (Å²) in [6.45, 7) is 4.03. The number of benzene rings is 1. The van der Waals surface area contributed by atoms with Crippen LogP contribution in [-0.2, 0) is 11.8 Å². The number of carbonyl (C=O) groups excluding carboxylic acids is 1. The largest absolute Gasteiger partial charge is 0.310 e.